The highest BCUT2D eigenvalue weighted by Crippen LogP contribution is 2.46. The molecule has 0 aliphatic rings. The number of rotatable bonds is 5. The van der Waals surface area contributed by atoms with Crippen molar-refractivity contribution in [2.24, 2.45) is 0 Å². The minimum absolute atomic E-state index is 0.0220. The lowest BCUT2D eigenvalue weighted by Gasteiger charge is -2.12. The largest absolute Gasteiger partial charge is 0.308 e. The Balaban J connectivity index is 1.35. The van der Waals surface area contributed by atoms with Crippen molar-refractivity contribution in [1.82, 2.24) is 24.1 Å². The van der Waals surface area contributed by atoms with Crippen LogP contribution in [0.1, 0.15) is 45.3 Å². The molecule has 272 valence electrons. The number of para-hydroxylation sites is 4. The number of benzene rings is 8. The summed E-state index contributed by atoms with van der Waals surface area (Å²) >= 11 is 0.738. The number of thiophene rings is 1. The summed E-state index contributed by atoms with van der Waals surface area (Å²) in [5, 5.41) is -1.89. The minimum atomic E-state index is -0.972. The molecule has 6 heteroatoms. The zero-order chi connectivity index (χ0) is 63.6. The maximum atomic E-state index is 10.4. The molecule has 12 aromatic rings. The molecule has 0 fully saturated rings. The Kier molecular flexibility index (Phi) is 3.35. The monoisotopic (exact) mass is 788 g/mol. The highest BCUT2D eigenvalue weighted by molar-refractivity contribution is 7.26. The fraction of sp³-hybridized carbons (Fsp3) is 0.0192. The van der Waals surface area contributed by atoms with Crippen LogP contribution in [-0.2, 0) is 0 Å². The molecule has 0 spiro atoms. The summed E-state index contributed by atoms with van der Waals surface area (Å²) in [6, 6.07) is -22.4. The number of aryl methyl sites for hydroxylation is 1. The predicted octanol–water partition coefficient (Wildman–Crippen LogP) is 13.7. The van der Waals surface area contributed by atoms with Crippen molar-refractivity contribution >= 4 is 75.1 Å². The van der Waals surface area contributed by atoms with Crippen LogP contribution < -0.4 is 0 Å². The van der Waals surface area contributed by atoms with E-state index in [2.05, 4.69) is 15.0 Å². The van der Waals surface area contributed by atoms with E-state index >= 15 is 0 Å². The van der Waals surface area contributed by atoms with Gasteiger partial charge < -0.3 is 9.13 Å². The smallest absolute Gasteiger partial charge is 0.166 e. The van der Waals surface area contributed by atoms with Crippen LogP contribution in [0.5, 0.6) is 0 Å². The van der Waals surface area contributed by atoms with Crippen LogP contribution in [0, 0.1) is 6.92 Å². The summed E-state index contributed by atoms with van der Waals surface area (Å²) in [5.41, 5.74) is -4.79. The number of hydrogen-bond donors (Lipinski definition) is 0. The molecule has 5 nitrogen and oxygen atoms in total. The van der Waals surface area contributed by atoms with Gasteiger partial charge in [-0.1, -0.05) is 133 Å². The molecule has 0 unspecified atom stereocenters. The summed E-state index contributed by atoms with van der Waals surface area (Å²) in [7, 11) is 0. The van der Waals surface area contributed by atoms with Gasteiger partial charge in [0.2, 0.25) is 0 Å². The molecule has 4 heterocycles. The van der Waals surface area contributed by atoms with E-state index in [0.29, 0.717) is 0 Å². The second kappa shape index (κ2) is 12.8. The fourth-order valence-electron chi connectivity index (χ4n) is 7.17. The van der Waals surface area contributed by atoms with Crippen molar-refractivity contribution < 1.29 is 39.8 Å². The van der Waals surface area contributed by atoms with Gasteiger partial charge in [0, 0.05) is 64.1 Å². The third kappa shape index (κ3) is 4.92. The Hall–Kier alpha value is -7.41. The van der Waals surface area contributed by atoms with E-state index in [1.54, 1.807) is 0 Å². The second-order valence-corrected chi connectivity index (χ2v) is 13.7. The van der Waals surface area contributed by atoms with E-state index in [9.17, 15) is 13.7 Å². The molecule has 0 atom stereocenters. The van der Waals surface area contributed by atoms with Gasteiger partial charge >= 0.3 is 0 Å². The summed E-state index contributed by atoms with van der Waals surface area (Å²) in [5.74, 6) is -2.51. The van der Waals surface area contributed by atoms with Gasteiger partial charge in [0.1, 0.15) is 0 Å². The lowest BCUT2D eigenvalue weighted by atomic mass is 10.0. The normalized spacial score (nSPS) is 18.9. The Labute approximate surface area is 378 Å². The summed E-state index contributed by atoms with van der Waals surface area (Å²) in [6.45, 7) is 1.38. The molecule has 0 aliphatic heterocycles. The average molecular weight is 789 g/mol. The first-order valence-corrected chi connectivity index (χ1v) is 18.0. The maximum Gasteiger partial charge on any atom is 0.166 e. The summed E-state index contributed by atoms with van der Waals surface area (Å²) in [4.78, 5) is 13.3. The fourth-order valence-corrected chi connectivity index (χ4v) is 8.22. The third-order valence-corrected chi connectivity index (χ3v) is 10.6. The first kappa shape index (κ1) is 15.2. The second-order valence-electron chi connectivity index (χ2n) is 12.7. The molecular formula is C52H33N5S. The third-order valence-electron chi connectivity index (χ3n) is 9.50. The molecule has 0 amide bonds. The van der Waals surface area contributed by atoms with Crippen molar-refractivity contribution in [1.29, 1.82) is 0 Å². The van der Waals surface area contributed by atoms with Crippen molar-refractivity contribution in [3.63, 3.8) is 0 Å². The van der Waals surface area contributed by atoms with Gasteiger partial charge in [0.15, 0.2) is 17.5 Å². The minimum Gasteiger partial charge on any atom is -0.308 e. The molecule has 0 saturated heterocycles. The molecule has 4 aromatic heterocycles. The van der Waals surface area contributed by atoms with Crippen molar-refractivity contribution in [2.45, 2.75) is 6.92 Å². The molecule has 0 bridgehead atoms. The number of hydrogen-bond acceptors (Lipinski definition) is 4. The maximum absolute atomic E-state index is 10.4. The van der Waals surface area contributed by atoms with Crippen LogP contribution >= 0.6 is 11.3 Å². The van der Waals surface area contributed by atoms with Gasteiger partial charge in [-0.2, -0.15) is 0 Å². The quantitative estimate of drug-likeness (QED) is 0.174. The van der Waals surface area contributed by atoms with Gasteiger partial charge in [0.05, 0.1) is 67.5 Å². The molecule has 58 heavy (non-hydrogen) atoms. The van der Waals surface area contributed by atoms with E-state index in [1.807, 2.05) is 0 Å². The van der Waals surface area contributed by atoms with Gasteiger partial charge in [-0.05, 0) is 60.9 Å². The van der Waals surface area contributed by atoms with Gasteiger partial charge in [-0.15, -0.1) is 11.3 Å². The number of fused-ring (bicyclic) bond motifs is 9. The van der Waals surface area contributed by atoms with E-state index < -0.39 is 237 Å². The Morgan fingerprint density at radius 3 is 1.81 bits per heavy atom. The van der Waals surface area contributed by atoms with E-state index in [0.717, 1.165) is 20.5 Å². The zero-order valence-electron chi connectivity index (χ0n) is 58.2. The molecule has 8 aromatic carbocycles. The van der Waals surface area contributed by atoms with Crippen molar-refractivity contribution in [2.75, 3.05) is 0 Å². The average Bonchev–Trinajstić information content (AvgIpc) is 1.71. The summed E-state index contributed by atoms with van der Waals surface area (Å²) in [6.07, 6.45) is 0. The van der Waals surface area contributed by atoms with E-state index in [-0.39, 0.29) is 53.1 Å². The number of aromatic nitrogens is 5. The Morgan fingerprint density at radius 1 is 0.466 bits per heavy atom. The van der Waals surface area contributed by atoms with Gasteiger partial charge in [-0.3, -0.25) is 0 Å². The summed E-state index contributed by atoms with van der Waals surface area (Å²) < 4.78 is 263. The van der Waals surface area contributed by atoms with Crippen LogP contribution in [0.3, 0.4) is 0 Å². The SMILES string of the molecule is [2H]c1c([2H])c([2H])c(-c2nc(-c3c([2H])c([2H])c([2H])c([2H])c3[2H])nc(-c3c([2H])c([2H])c([2H])c4c5c([2H])c6c(cc5n(-c5c([2H])c([2H])c([2H])c([2H])c5[2H])c34)sc3c([2H])c([2H])c([2H])c(-n4c5c([2H])c([2H])c([2H])c([2H])c5c5c([2H])c([2H])c([2H])c(C)c54)c36)n2)c([2H])c1[2H]. The lowest BCUT2D eigenvalue weighted by molar-refractivity contribution is 1.07. The van der Waals surface area contributed by atoms with Crippen LogP contribution in [0.4, 0.5) is 0 Å². The Bertz CT molecular complexity index is 5050. The molecular weight excluding hydrogens is 727 g/mol. The van der Waals surface area contributed by atoms with Gasteiger partial charge in [-0.25, -0.2) is 15.0 Å². The van der Waals surface area contributed by atoms with Crippen LogP contribution in [0.2, 0.25) is 0 Å². The first-order valence-electron chi connectivity index (χ1n) is 31.7. The first-order chi connectivity index (χ1) is 40.7. The van der Waals surface area contributed by atoms with Crippen molar-refractivity contribution in [3.05, 3.63) is 187 Å². The molecule has 0 radical (unpaired) electrons. The predicted molar refractivity (Wildman–Crippen MR) is 242 cm³/mol. The Morgan fingerprint density at radius 2 is 1.07 bits per heavy atom. The molecule has 0 saturated carbocycles. The van der Waals surface area contributed by atoms with Gasteiger partial charge in [0.25, 0.3) is 0 Å². The standard InChI is InChI=1S/C52H33N5S/c1-32-16-13-24-37-36-23-11-12-27-42(36)57(48(32)37)43-28-15-29-45-47(43)41-30-40-38-25-14-26-39(49(38)56(35-21-9-4-10-22-35)44(40)31-46(41)58-45)52-54-50(33-17-5-2-6-18-33)53-51(55-52)34-19-7-3-8-20-34/h2-31H,1H3/i2D,3D,4D,5D,6D,7D,8D,9D,10D,11D,12D,13D,14D,15D,16D,17D,18D,19D,20D,21D,22D,23D,24D,25D,26D,27D,28D,29D,30D. The van der Waals surface area contributed by atoms with Crippen molar-refractivity contribution in [3.8, 4) is 45.5 Å². The topological polar surface area (TPSA) is 48.5 Å². The van der Waals surface area contributed by atoms with E-state index in [1.165, 1.54) is 13.0 Å². The number of nitrogens with zero attached hydrogens (tertiary/aromatic N) is 5. The molecule has 12 rings (SSSR count). The van der Waals surface area contributed by atoms with Crippen LogP contribution in [0.25, 0.3) is 109 Å². The molecule has 0 N–H and O–H groups in total. The van der Waals surface area contributed by atoms with Crippen LogP contribution in [-0.4, -0.2) is 24.1 Å². The van der Waals surface area contributed by atoms with E-state index in [4.69, 9.17) is 26.0 Å². The zero-order valence-corrected chi connectivity index (χ0v) is 30.0. The molecule has 0 aliphatic carbocycles. The van der Waals surface area contributed by atoms with Crippen LogP contribution in [0.15, 0.2) is 181 Å². The highest BCUT2D eigenvalue weighted by atomic mass is 32.1. The highest BCUT2D eigenvalue weighted by Gasteiger charge is 2.23. The lowest BCUT2D eigenvalue weighted by Crippen LogP contribution is -2.02.